The first kappa shape index (κ1) is 13.4. The molecule has 1 fully saturated rings. The molecule has 1 heterocycles. The lowest BCUT2D eigenvalue weighted by Crippen LogP contribution is -2.26. The fourth-order valence-corrected chi connectivity index (χ4v) is 2.48. The molecule has 2 N–H and O–H groups in total. The fourth-order valence-electron chi connectivity index (χ4n) is 2.48. The molecule has 0 radical (unpaired) electrons. The third-order valence-corrected chi connectivity index (χ3v) is 3.66. The van der Waals surface area contributed by atoms with Gasteiger partial charge < -0.3 is 15.4 Å². The van der Waals surface area contributed by atoms with Gasteiger partial charge in [0.1, 0.15) is 0 Å². The zero-order valence-corrected chi connectivity index (χ0v) is 11.3. The van der Waals surface area contributed by atoms with Crippen LogP contribution >= 0.6 is 0 Å². The molecule has 0 aliphatic carbocycles. The van der Waals surface area contributed by atoms with Crippen molar-refractivity contribution in [2.24, 2.45) is 5.73 Å². The van der Waals surface area contributed by atoms with E-state index in [0.717, 1.165) is 26.1 Å². The van der Waals surface area contributed by atoms with Crippen molar-refractivity contribution in [2.45, 2.75) is 38.8 Å². The monoisotopic (exact) mass is 248 g/mol. The summed E-state index contributed by atoms with van der Waals surface area (Å²) in [5.74, 6) is 0. The molecule has 3 heteroatoms. The van der Waals surface area contributed by atoms with Crippen LogP contribution < -0.4 is 10.6 Å². The SMILES string of the molecule is CCN(CCC1CCCO1)c1ccc(CN)cc1. The van der Waals surface area contributed by atoms with Crippen LogP contribution in [-0.2, 0) is 11.3 Å². The minimum atomic E-state index is 0.474. The summed E-state index contributed by atoms with van der Waals surface area (Å²) >= 11 is 0. The maximum absolute atomic E-state index is 5.68. The quantitative estimate of drug-likeness (QED) is 0.841. The summed E-state index contributed by atoms with van der Waals surface area (Å²) in [7, 11) is 0. The summed E-state index contributed by atoms with van der Waals surface area (Å²) in [6, 6.07) is 8.57. The molecule has 1 aromatic carbocycles. The fraction of sp³-hybridized carbons (Fsp3) is 0.600. The Labute approximate surface area is 110 Å². The molecule has 2 rings (SSSR count). The predicted molar refractivity (Wildman–Crippen MR) is 75.8 cm³/mol. The number of hydrogen-bond donors (Lipinski definition) is 1. The van der Waals surface area contributed by atoms with E-state index >= 15 is 0 Å². The number of ether oxygens (including phenoxy) is 1. The smallest absolute Gasteiger partial charge is 0.0592 e. The van der Waals surface area contributed by atoms with Crippen LogP contribution in [0.15, 0.2) is 24.3 Å². The minimum Gasteiger partial charge on any atom is -0.378 e. The molecule has 0 saturated carbocycles. The molecule has 0 aromatic heterocycles. The summed E-state index contributed by atoms with van der Waals surface area (Å²) in [5.41, 5.74) is 8.09. The predicted octanol–water partition coefficient (Wildman–Crippen LogP) is 2.54. The second-order valence-electron chi connectivity index (χ2n) is 4.87. The van der Waals surface area contributed by atoms with Gasteiger partial charge in [-0.1, -0.05) is 12.1 Å². The molecule has 1 aliphatic rings. The molecule has 1 unspecified atom stereocenters. The van der Waals surface area contributed by atoms with Gasteiger partial charge in [0.05, 0.1) is 6.10 Å². The lowest BCUT2D eigenvalue weighted by Gasteiger charge is -2.24. The zero-order chi connectivity index (χ0) is 12.8. The van der Waals surface area contributed by atoms with E-state index in [1.54, 1.807) is 0 Å². The molecule has 100 valence electrons. The van der Waals surface area contributed by atoms with Crippen molar-refractivity contribution in [3.8, 4) is 0 Å². The third-order valence-electron chi connectivity index (χ3n) is 3.66. The minimum absolute atomic E-state index is 0.474. The first-order chi connectivity index (χ1) is 8.83. The summed E-state index contributed by atoms with van der Waals surface area (Å²) < 4.78 is 5.68. The topological polar surface area (TPSA) is 38.5 Å². The van der Waals surface area contributed by atoms with E-state index in [4.69, 9.17) is 10.5 Å². The van der Waals surface area contributed by atoms with Crippen molar-refractivity contribution < 1.29 is 4.74 Å². The largest absolute Gasteiger partial charge is 0.378 e. The second kappa shape index (κ2) is 6.76. The van der Waals surface area contributed by atoms with Gasteiger partial charge in [-0.15, -0.1) is 0 Å². The Morgan fingerprint density at radius 1 is 1.33 bits per heavy atom. The van der Waals surface area contributed by atoms with Gasteiger partial charge in [0, 0.05) is 31.9 Å². The van der Waals surface area contributed by atoms with Crippen LogP contribution in [-0.4, -0.2) is 25.8 Å². The Hall–Kier alpha value is -1.06. The average Bonchev–Trinajstić information content (AvgIpc) is 2.93. The van der Waals surface area contributed by atoms with Crippen LogP contribution in [0.25, 0.3) is 0 Å². The van der Waals surface area contributed by atoms with Gasteiger partial charge in [0.15, 0.2) is 0 Å². The number of nitrogens with two attached hydrogens (primary N) is 1. The van der Waals surface area contributed by atoms with Crippen LogP contribution in [0, 0.1) is 0 Å². The van der Waals surface area contributed by atoms with Gasteiger partial charge in [0.2, 0.25) is 0 Å². The lowest BCUT2D eigenvalue weighted by molar-refractivity contribution is 0.106. The number of benzene rings is 1. The Bertz CT molecular complexity index is 344. The highest BCUT2D eigenvalue weighted by molar-refractivity contribution is 5.47. The van der Waals surface area contributed by atoms with Crippen LogP contribution in [0.4, 0.5) is 5.69 Å². The van der Waals surface area contributed by atoms with Gasteiger partial charge >= 0.3 is 0 Å². The van der Waals surface area contributed by atoms with Gasteiger partial charge in [-0.3, -0.25) is 0 Å². The van der Waals surface area contributed by atoms with Crippen molar-refractivity contribution in [2.75, 3.05) is 24.6 Å². The Kier molecular flexibility index (Phi) is 5.02. The van der Waals surface area contributed by atoms with Crippen molar-refractivity contribution >= 4 is 5.69 Å². The van der Waals surface area contributed by atoms with Crippen LogP contribution in [0.3, 0.4) is 0 Å². The highest BCUT2D eigenvalue weighted by Gasteiger charge is 2.16. The van der Waals surface area contributed by atoms with Gasteiger partial charge in [-0.05, 0) is 43.9 Å². The number of hydrogen-bond acceptors (Lipinski definition) is 3. The Morgan fingerprint density at radius 2 is 2.11 bits per heavy atom. The van der Waals surface area contributed by atoms with Gasteiger partial charge in [-0.2, -0.15) is 0 Å². The number of anilines is 1. The molecule has 1 aromatic rings. The number of rotatable bonds is 6. The van der Waals surface area contributed by atoms with E-state index in [-0.39, 0.29) is 0 Å². The van der Waals surface area contributed by atoms with Crippen molar-refractivity contribution in [3.63, 3.8) is 0 Å². The van der Waals surface area contributed by atoms with Gasteiger partial charge in [0.25, 0.3) is 0 Å². The number of nitrogens with zero attached hydrogens (tertiary/aromatic N) is 1. The molecule has 18 heavy (non-hydrogen) atoms. The molecule has 0 amide bonds. The van der Waals surface area contributed by atoms with E-state index in [1.165, 1.54) is 24.1 Å². The lowest BCUT2D eigenvalue weighted by atomic mass is 10.1. The Morgan fingerprint density at radius 3 is 2.67 bits per heavy atom. The maximum atomic E-state index is 5.68. The molecule has 3 nitrogen and oxygen atoms in total. The first-order valence-corrected chi connectivity index (χ1v) is 6.99. The van der Waals surface area contributed by atoms with Crippen LogP contribution in [0.5, 0.6) is 0 Å². The molecule has 0 spiro atoms. The Balaban J connectivity index is 1.89. The standard InChI is InChI=1S/C15H24N2O/c1-2-17(10-9-15-4-3-11-18-15)14-7-5-13(12-16)6-8-14/h5-8,15H,2-4,9-12,16H2,1H3. The van der Waals surface area contributed by atoms with Crippen molar-refractivity contribution in [3.05, 3.63) is 29.8 Å². The van der Waals surface area contributed by atoms with Crippen LogP contribution in [0.2, 0.25) is 0 Å². The summed E-state index contributed by atoms with van der Waals surface area (Å²) in [6.07, 6.45) is 4.06. The van der Waals surface area contributed by atoms with Gasteiger partial charge in [-0.25, -0.2) is 0 Å². The molecular weight excluding hydrogens is 224 g/mol. The molecule has 1 saturated heterocycles. The maximum Gasteiger partial charge on any atom is 0.0592 e. The summed E-state index contributed by atoms with van der Waals surface area (Å²) in [6.45, 7) is 5.87. The van der Waals surface area contributed by atoms with Crippen LogP contribution in [0.1, 0.15) is 31.7 Å². The first-order valence-electron chi connectivity index (χ1n) is 6.99. The van der Waals surface area contributed by atoms with E-state index < -0.39 is 0 Å². The molecule has 1 aliphatic heterocycles. The average molecular weight is 248 g/mol. The second-order valence-corrected chi connectivity index (χ2v) is 4.87. The summed E-state index contributed by atoms with van der Waals surface area (Å²) in [5, 5.41) is 0. The highest BCUT2D eigenvalue weighted by Crippen LogP contribution is 2.19. The molecule has 0 bridgehead atoms. The normalized spacial score (nSPS) is 19.1. The molecular formula is C15H24N2O. The van der Waals surface area contributed by atoms with E-state index in [2.05, 4.69) is 36.1 Å². The van der Waals surface area contributed by atoms with E-state index in [9.17, 15) is 0 Å². The highest BCUT2D eigenvalue weighted by atomic mass is 16.5. The van der Waals surface area contributed by atoms with E-state index in [1.807, 2.05) is 0 Å². The summed E-state index contributed by atoms with van der Waals surface area (Å²) in [4.78, 5) is 2.40. The zero-order valence-electron chi connectivity index (χ0n) is 11.3. The van der Waals surface area contributed by atoms with Crippen molar-refractivity contribution in [1.82, 2.24) is 0 Å². The van der Waals surface area contributed by atoms with E-state index in [0.29, 0.717) is 12.6 Å². The van der Waals surface area contributed by atoms with Crippen molar-refractivity contribution in [1.29, 1.82) is 0 Å². The molecule has 1 atom stereocenters. The third kappa shape index (κ3) is 3.47.